The van der Waals surface area contributed by atoms with Gasteiger partial charge in [-0.15, -0.1) is 17.5 Å². The van der Waals surface area contributed by atoms with E-state index in [2.05, 4.69) is 20.2 Å². The topological polar surface area (TPSA) is 65.3 Å². The normalized spacial score (nSPS) is 20.4. The van der Waals surface area contributed by atoms with Crippen LogP contribution in [-0.4, -0.2) is 51.2 Å². The van der Waals surface area contributed by atoms with Crippen LogP contribution < -0.4 is 4.74 Å². The summed E-state index contributed by atoms with van der Waals surface area (Å²) in [6, 6.07) is 7.29. The number of benzene rings is 1. The zero-order chi connectivity index (χ0) is 20.0. The highest BCUT2D eigenvalue weighted by Gasteiger charge is 2.40. The molecule has 30 heavy (non-hydrogen) atoms. The molecule has 2 aliphatic rings. The summed E-state index contributed by atoms with van der Waals surface area (Å²) in [5.41, 5.74) is 2.43. The molecule has 0 unspecified atom stereocenters. The Morgan fingerprint density at radius 3 is 2.80 bits per heavy atom. The number of methoxy groups -OCH3 is 1. The number of hydrogen-bond acceptors (Lipinski definition) is 6. The van der Waals surface area contributed by atoms with E-state index in [4.69, 9.17) is 9.47 Å². The van der Waals surface area contributed by atoms with Crippen LogP contribution in [0.3, 0.4) is 0 Å². The van der Waals surface area contributed by atoms with Crippen molar-refractivity contribution in [3.05, 3.63) is 59.4 Å². The van der Waals surface area contributed by atoms with Gasteiger partial charge in [0.1, 0.15) is 17.3 Å². The first-order valence-electron chi connectivity index (χ1n) is 9.34. The number of ether oxygens (including phenoxy) is 2. The standard InChI is InChI=1S/C20H19F2N5O2.ClH/c1-28-19-5-2-12(7-23-19)8-26-9-16-18(10-26)29-11-17-20(24-25-27(16)17)14-4-3-13(21)6-15(14)22;/h2-7,16,18H,8-11H2,1H3;1H/t16-,18-;/m1./s1. The van der Waals surface area contributed by atoms with Gasteiger partial charge in [-0.25, -0.2) is 18.4 Å². The van der Waals surface area contributed by atoms with Crippen molar-refractivity contribution in [2.45, 2.75) is 25.3 Å². The summed E-state index contributed by atoms with van der Waals surface area (Å²) >= 11 is 0. The van der Waals surface area contributed by atoms with Crippen molar-refractivity contribution in [1.29, 1.82) is 0 Å². The van der Waals surface area contributed by atoms with Crippen LogP contribution in [0.15, 0.2) is 36.5 Å². The predicted molar refractivity (Wildman–Crippen MR) is 106 cm³/mol. The Balaban J connectivity index is 0.00000218. The van der Waals surface area contributed by atoms with Gasteiger partial charge >= 0.3 is 0 Å². The molecule has 2 atom stereocenters. The third kappa shape index (κ3) is 3.64. The van der Waals surface area contributed by atoms with E-state index in [1.54, 1.807) is 13.3 Å². The highest BCUT2D eigenvalue weighted by Crippen LogP contribution is 2.35. The number of pyridine rings is 1. The molecule has 0 amide bonds. The summed E-state index contributed by atoms with van der Waals surface area (Å²) in [5.74, 6) is -0.696. The van der Waals surface area contributed by atoms with Gasteiger partial charge in [0.2, 0.25) is 5.88 Å². The molecule has 2 aliphatic heterocycles. The van der Waals surface area contributed by atoms with E-state index in [1.165, 1.54) is 12.1 Å². The summed E-state index contributed by atoms with van der Waals surface area (Å²) in [7, 11) is 1.59. The number of likely N-dealkylation sites (tertiary alicyclic amines) is 1. The number of nitrogens with zero attached hydrogens (tertiary/aromatic N) is 5. The molecule has 2 aromatic heterocycles. The summed E-state index contributed by atoms with van der Waals surface area (Å²) in [6.45, 7) is 2.52. The molecule has 7 nitrogen and oxygen atoms in total. The zero-order valence-corrected chi connectivity index (χ0v) is 17.0. The third-order valence-electron chi connectivity index (χ3n) is 5.45. The van der Waals surface area contributed by atoms with Crippen molar-refractivity contribution >= 4 is 12.4 Å². The molecule has 0 radical (unpaired) electrons. The fraction of sp³-hybridized carbons (Fsp3) is 0.350. The summed E-state index contributed by atoms with van der Waals surface area (Å²) in [6.07, 6.45) is 1.79. The SMILES string of the molecule is COc1ccc(CN2C[C@@H]3[C@@H](C2)OCc2c(-c4ccc(F)cc4F)nnn23)cn1.Cl. The summed E-state index contributed by atoms with van der Waals surface area (Å²) in [5, 5.41) is 8.45. The van der Waals surface area contributed by atoms with Gasteiger partial charge in [-0.3, -0.25) is 4.90 Å². The fourth-order valence-electron chi connectivity index (χ4n) is 4.03. The molecule has 0 bridgehead atoms. The van der Waals surface area contributed by atoms with Crippen LogP contribution in [0.25, 0.3) is 11.3 Å². The van der Waals surface area contributed by atoms with Crippen molar-refractivity contribution in [3.63, 3.8) is 0 Å². The average molecular weight is 436 g/mol. The maximum Gasteiger partial charge on any atom is 0.212 e. The average Bonchev–Trinajstić information content (AvgIpc) is 3.32. The van der Waals surface area contributed by atoms with Crippen molar-refractivity contribution in [1.82, 2.24) is 24.9 Å². The van der Waals surface area contributed by atoms with Gasteiger partial charge < -0.3 is 9.47 Å². The van der Waals surface area contributed by atoms with E-state index in [-0.39, 0.29) is 36.7 Å². The molecule has 1 fully saturated rings. The lowest BCUT2D eigenvalue weighted by molar-refractivity contribution is -0.00495. The third-order valence-corrected chi connectivity index (χ3v) is 5.45. The first kappa shape index (κ1) is 20.6. The smallest absolute Gasteiger partial charge is 0.212 e. The lowest BCUT2D eigenvalue weighted by Crippen LogP contribution is -2.32. The molecule has 0 aliphatic carbocycles. The van der Waals surface area contributed by atoms with Gasteiger partial charge in [0.15, 0.2) is 0 Å². The van der Waals surface area contributed by atoms with Crippen LogP contribution in [0.5, 0.6) is 5.88 Å². The highest BCUT2D eigenvalue weighted by molar-refractivity contribution is 5.85. The monoisotopic (exact) mass is 435 g/mol. The van der Waals surface area contributed by atoms with Gasteiger partial charge in [0, 0.05) is 43.5 Å². The molecule has 158 valence electrons. The summed E-state index contributed by atoms with van der Waals surface area (Å²) < 4.78 is 40.4. The molecule has 1 aromatic carbocycles. The first-order chi connectivity index (χ1) is 14.1. The van der Waals surface area contributed by atoms with E-state index >= 15 is 0 Å². The largest absolute Gasteiger partial charge is 0.481 e. The number of halogens is 3. The van der Waals surface area contributed by atoms with Crippen molar-refractivity contribution < 1.29 is 18.3 Å². The first-order valence-corrected chi connectivity index (χ1v) is 9.34. The van der Waals surface area contributed by atoms with E-state index in [9.17, 15) is 8.78 Å². The van der Waals surface area contributed by atoms with Crippen LogP contribution >= 0.6 is 12.4 Å². The van der Waals surface area contributed by atoms with E-state index in [1.807, 2.05) is 16.8 Å². The van der Waals surface area contributed by atoms with E-state index in [0.717, 1.165) is 31.3 Å². The Morgan fingerprint density at radius 2 is 2.07 bits per heavy atom. The Hall–Kier alpha value is -2.62. The molecule has 3 aromatic rings. The van der Waals surface area contributed by atoms with Gasteiger partial charge in [-0.1, -0.05) is 11.3 Å². The van der Waals surface area contributed by atoms with Crippen molar-refractivity contribution in [2.24, 2.45) is 0 Å². The van der Waals surface area contributed by atoms with Gasteiger partial charge in [0.25, 0.3) is 0 Å². The Labute approximate surface area is 178 Å². The quantitative estimate of drug-likeness (QED) is 0.627. The molecule has 10 heteroatoms. The molecular weight excluding hydrogens is 416 g/mol. The molecule has 0 N–H and O–H groups in total. The number of hydrogen-bond donors (Lipinski definition) is 0. The lowest BCUT2D eigenvalue weighted by atomic mass is 10.1. The second kappa shape index (κ2) is 8.25. The van der Waals surface area contributed by atoms with Gasteiger partial charge in [-0.2, -0.15) is 0 Å². The van der Waals surface area contributed by atoms with Gasteiger partial charge in [0.05, 0.1) is 31.6 Å². The molecule has 0 spiro atoms. The minimum Gasteiger partial charge on any atom is -0.481 e. The van der Waals surface area contributed by atoms with Crippen LogP contribution in [0.4, 0.5) is 8.78 Å². The minimum atomic E-state index is -0.657. The lowest BCUT2D eigenvalue weighted by Gasteiger charge is -2.26. The molecular formula is C20H20ClF2N5O2. The van der Waals surface area contributed by atoms with Crippen LogP contribution in [0.2, 0.25) is 0 Å². The number of rotatable bonds is 4. The van der Waals surface area contributed by atoms with Crippen molar-refractivity contribution in [3.8, 4) is 17.1 Å². The fourth-order valence-corrected chi connectivity index (χ4v) is 4.03. The molecule has 1 saturated heterocycles. The highest BCUT2D eigenvalue weighted by atomic mass is 35.5. The van der Waals surface area contributed by atoms with Crippen LogP contribution in [0.1, 0.15) is 17.3 Å². The predicted octanol–water partition coefficient (Wildman–Crippen LogP) is 3.00. The Bertz CT molecular complexity index is 1050. The second-order valence-corrected chi connectivity index (χ2v) is 7.27. The number of aromatic nitrogens is 4. The maximum atomic E-state index is 14.2. The molecule has 4 heterocycles. The van der Waals surface area contributed by atoms with Gasteiger partial charge in [-0.05, 0) is 17.7 Å². The van der Waals surface area contributed by atoms with E-state index in [0.29, 0.717) is 17.3 Å². The molecule has 0 saturated carbocycles. The van der Waals surface area contributed by atoms with Crippen molar-refractivity contribution in [2.75, 3.05) is 20.2 Å². The maximum absolute atomic E-state index is 14.2. The number of fused-ring (bicyclic) bond motifs is 3. The Kier molecular flexibility index (Phi) is 5.68. The van der Waals surface area contributed by atoms with Crippen LogP contribution in [-0.2, 0) is 17.9 Å². The Morgan fingerprint density at radius 1 is 1.20 bits per heavy atom. The zero-order valence-electron chi connectivity index (χ0n) is 16.2. The summed E-state index contributed by atoms with van der Waals surface area (Å²) in [4.78, 5) is 6.52. The van der Waals surface area contributed by atoms with Crippen LogP contribution in [0, 0.1) is 11.6 Å². The minimum absolute atomic E-state index is 0. The second-order valence-electron chi connectivity index (χ2n) is 7.27. The molecule has 5 rings (SSSR count). The van der Waals surface area contributed by atoms with E-state index < -0.39 is 11.6 Å².